The predicted molar refractivity (Wildman–Crippen MR) is 60.4 cm³/mol. The molecule has 0 aliphatic rings. The largest absolute Gasteiger partial charge is 0.437 e. The van der Waals surface area contributed by atoms with Crippen molar-refractivity contribution in [3.05, 3.63) is 48.9 Å². The lowest BCUT2D eigenvalue weighted by Crippen LogP contribution is -1.87. The van der Waals surface area contributed by atoms with Crippen LogP contribution in [0.15, 0.2) is 48.9 Å². The van der Waals surface area contributed by atoms with E-state index in [1.54, 1.807) is 12.5 Å². The summed E-state index contributed by atoms with van der Waals surface area (Å²) in [6, 6.07) is 11.3. The van der Waals surface area contributed by atoms with Crippen LogP contribution in [0.3, 0.4) is 0 Å². The maximum Gasteiger partial charge on any atom is 0.219 e. The molecule has 16 heavy (non-hydrogen) atoms. The second-order valence-corrected chi connectivity index (χ2v) is 3.32. The Morgan fingerprint density at radius 3 is 2.88 bits per heavy atom. The van der Waals surface area contributed by atoms with Gasteiger partial charge >= 0.3 is 0 Å². The van der Waals surface area contributed by atoms with Crippen LogP contribution in [0.1, 0.15) is 0 Å². The number of fused-ring (bicyclic) bond motifs is 1. The zero-order chi connectivity index (χ0) is 10.8. The van der Waals surface area contributed by atoms with Gasteiger partial charge in [-0.1, -0.05) is 12.1 Å². The minimum Gasteiger partial charge on any atom is -0.437 e. The highest BCUT2D eigenvalue weighted by Gasteiger charge is 2.05. The van der Waals surface area contributed by atoms with E-state index in [0.29, 0.717) is 11.6 Å². The molecular formula is C12H9N3O. The van der Waals surface area contributed by atoms with E-state index >= 15 is 0 Å². The average molecular weight is 211 g/mol. The van der Waals surface area contributed by atoms with Gasteiger partial charge in [0.25, 0.3) is 0 Å². The third-order valence-electron chi connectivity index (χ3n) is 2.26. The standard InChI is InChI=1S/C12H9N3O/c1-2-7-13-11(6-1)16-10-5-3-4-9-12(10)15-8-14-9/h1-8H,(H,14,15). The molecule has 3 rings (SSSR count). The zero-order valence-electron chi connectivity index (χ0n) is 8.42. The van der Waals surface area contributed by atoms with Crippen LogP contribution in [0, 0.1) is 0 Å². The van der Waals surface area contributed by atoms with Crippen LogP contribution in [0.4, 0.5) is 0 Å². The van der Waals surface area contributed by atoms with Crippen molar-refractivity contribution in [2.45, 2.75) is 0 Å². The highest BCUT2D eigenvalue weighted by molar-refractivity contribution is 5.81. The molecule has 0 atom stereocenters. The first kappa shape index (κ1) is 8.91. The number of imidazole rings is 1. The number of hydrogen-bond donors (Lipinski definition) is 1. The van der Waals surface area contributed by atoms with E-state index in [0.717, 1.165) is 11.0 Å². The number of aromatic nitrogens is 3. The number of H-pyrrole nitrogens is 1. The number of para-hydroxylation sites is 1. The van der Waals surface area contributed by atoms with E-state index in [9.17, 15) is 0 Å². The van der Waals surface area contributed by atoms with Gasteiger partial charge in [-0.05, 0) is 18.2 Å². The summed E-state index contributed by atoms with van der Waals surface area (Å²) >= 11 is 0. The van der Waals surface area contributed by atoms with Crippen molar-refractivity contribution < 1.29 is 4.74 Å². The van der Waals surface area contributed by atoms with Crippen molar-refractivity contribution >= 4 is 11.0 Å². The number of rotatable bonds is 2. The molecule has 0 amide bonds. The fourth-order valence-corrected chi connectivity index (χ4v) is 1.54. The second kappa shape index (κ2) is 3.66. The summed E-state index contributed by atoms with van der Waals surface area (Å²) in [5, 5.41) is 0. The molecule has 1 aromatic carbocycles. The van der Waals surface area contributed by atoms with Gasteiger partial charge in [-0.15, -0.1) is 0 Å². The Labute approximate surface area is 91.9 Å². The van der Waals surface area contributed by atoms with Gasteiger partial charge < -0.3 is 9.72 Å². The monoisotopic (exact) mass is 211 g/mol. The third kappa shape index (κ3) is 1.50. The van der Waals surface area contributed by atoms with E-state index in [1.165, 1.54) is 0 Å². The Hall–Kier alpha value is -2.36. The highest BCUT2D eigenvalue weighted by Crippen LogP contribution is 2.26. The molecule has 2 heterocycles. The molecule has 0 saturated carbocycles. The summed E-state index contributed by atoms with van der Waals surface area (Å²) in [5.74, 6) is 1.27. The molecule has 4 nitrogen and oxygen atoms in total. The van der Waals surface area contributed by atoms with Gasteiger partial charge in [0, 0.05) is 12.3 Å². The lowest BCUT2D eigenvalue weighted by molar-refractivity contribution is 0.467. The summed E-state index contributed by atoms with van der Waals surface area (Å²) < 4.78 is 5.66. The molecule has 0 fully saturated rings. The molecule has 0 aliphatic carbocycles. The van der Waals surface area contributed by atoms with Crippen molar-refractivity contribution in [1.29, 1.82) is 0 Å². The van der Waals surface area contributed by atoms with Crippen LogP contribution in [0.25, 0.3) is 11.0 Å². The van der Waals surface area contributed by atoms with E-state index in [-0.39, 0.29) is 0 Å². The molecule has 3 aromatic rings. The summed E-state index contributed by atoms with van der Waals surface area (Å²) in [6.07, 6.45) is 3.34. The Balaban J connectivity index is 2.04. The number of benzene rings is 1. The molecule has 78 valence electrons. The number of aromatic amines is 1. The minimum atomic E-state index is 0.568. The Morgan fingerprint density at radius 2 is 2.00 bits per heavy atom. The second-order valence-electron chi connectivity index (χ2n) is 3.32. The molecule has 1 N–H and O–H groups in total. The number of hydrogen-bond acceptors (Lipinski definition) is 3. The summed E-state index contributed by atoms with van der Waals surface area (Å²) in [7, 11) is 0. The van der Waals surface area contributed by atoms with Crippen LogP contribution in [-0.2, 0) is 0 Å². The van der Waals surface area contributed by atoms with Gasteiger partial charge in [0.1, 0.15) is 5.52 Å². The summed E-state index contributed by atoms with van der Waals surface area (Å²) in [4.78, 5) is 11.3. The number of ether oxygens (including phenoxy) is 1. The molecule has 0 spiro atoms. The Bertz CT molecular complexity index is 604. The van der Waals surface area contributed by atoms with Gasteiger partial charge in [-0.2, -0.15) is 0 Å². The number of nitrogens with one attached hydrogen (secondary N) is 1. The predicted octanol–water partition coefficient (Wildman–Crippen LogP) is 2.75. The van der Waals surface area contributed by atoms with Gasteiger partial charge in [0.2, 0.25) is 5.88 Å². The van der Waals surface area contributed by atoms with Gasteiger partial charge in [0.15, 0.2) is 5.75 Å². The van der Waals surface area contributed by atoms with Crippen molar-refractivity contribution in [3.63, 3.8) is 0 Å². The number of nitrogens with zero attached hydrogens (tertiary/aromatic N) is 2. The normalized spacial score (nSPS) is 10.5. The highest BCUT2D eigenvalue weighted by atomic mass is 16.5. The first-order valence-corrected chi connectivity index (χ1v) is 4.94. The van der Waals surface area contributed by atoms with E-state index < -0.39 is 0 Å². The molecule has 2 aromatic heterocycles. The maximum atomic E-state index is 5.66. The Morgan fingerprint density at radius 1 is 1.00 bits per heavy atom. The number of pyridine rings is 1. The first-order valence-electron chi connectivity index (χ1n) is 4.94. The fraction of sp³-hybridized carbons (Fsp3) is 0. The van der Waals surface area contributed by atoms with Crippen LogP contribution in [0.5, 0.6) is 11.6 Å². The van der Waals surface area contributed by atoms with Crippen LogP contribution >= 0.6 is 0 Å². The molecule has 0 bridgehead atoms. The average Bonchev–Trinajstić information content (AvgIpc) is 2.80. The first-order chi connectivity index (χ1) is 7.93. The van der Waals surface area contributed by atoms with Gasteiger partial charge in [0.05, 0.1) is 11.8 Å². The topological polar surface area (TPSA) is 50.8 Å². The van der Waals surface area contributed by atoms with Gasteiger partial charge in [-0.25, -0.2) is 9.97 Å². The van der Waals surface area contributed by atoms with Crippen LogP contribution < -0.4 is 4.74 Å². The van der Waals surface area contributed by atoms with Crippen molar-refractivity contribution in [1.82, 2.24) is 15.0 Å². The lowest BCUT2D eigenvalue weighted by Gasteiger charge is -2.04. The fourth-order valence-electron chi connectivity index (χ4n) is 1.54. The van der Waals surface area contributed by atoms with Crippen molar-refractivity contribution in [2.24, 2.45) is 0 Å². The third-order valence-corrected chi connectivity index (χ3v) is 2.26. The Kier molecular flexibility index (Phi) is 2.04. The van der Waals surface area contributed by atoms with Crippen molar-refractivity contribution in [3.8, 4) is 11.6 Å². The SMILES string of the molecule is c1ccc(Oc2cccc3[nH]cnc23)nc1. The molecule has 4 heteroatoms. The van der Waals surface area contributed by atoms with Crippen molar-refractivity contribution in [2.75, 3.05) is 0 Å². The maximum absolute atomic E-state index is 5.66. The van der Waals surface area contributed by atoms with E-state index in [4.69, 9.17) is 4.74 Å². The summed E-state index contributed by atoms with van der Waals surface area (Å²) in [6.45, 7) is 0. The quantitative estimate of drug-likeness (QED) is 0.709. The molecular weight excluding hydrogens is 202 g/mol. The molecule has 0 radical (unpaired) electrons. The lowest BCUT2D eigenvalue weighted by atomic mass is 10.3. The van der Waals surface area contributed by atoms with Crippen LogP contribution in [0.2, 0.25) is 0 Å². The van der Waals surface area contributed by atoms with E-state index in [2.05, 4.69) is 15.0 Å². The zero-order valence-corrected chi connectivity index (χ0v) is 8.42. The van der Waals surface area contributed by atoms with Gasteiger partial charge in [-0.3, -0.25) is 0 Å². The van der Waals surface area contributed by atoms with Crippen LogP contribution in [-0.4, -0.2) is 15.0 Å². The van der Waals surface area contributed by atoms with E-state index in [1.807, 2.05) is 36.4 Å². The molecule has 0 unspecified atom stereocenters. The minimum absolute atomic E-state index is 0.568. The smallest absolute Gasteiger partial charge is 0.219 e. The molecule has 0 saturated heterocycles. The molecule has 0 aliphatic heterocycles. The summed E-state index contributed by atoms with van der Waals surface area (Å²) in [5.41, 5.74) is 1.77.